The fourth-order valence-electron chi connectivity index (χ4n) is 2.20. The molecule has 5 heteroatoms. The minimum atomic E-state index is -0.790. The van der Waals surface area contributed by atoms with E-state index in [9.17, 15) is 9.59 Å². The van der Waals surface area contributed by atoms with Crippen molar-refractivity contribution in [2.24, 2.45) is 5.92 Å². The standard InChI is InChI=1S/C16H19NO3S/c1-10(16(19)20)6-5-9-17-15(18)14-11(2)12-7-3-4-8-13(12)21-14/h3-4,7-8,10H,5-6,9H2,1-2H3,(H,17,18)(H,19,20). The second-order valence-corrected chi connectivity index (χ2v) is 6.24. The van der Waals surface area contributed by atoms with E-state index in [0.717, 1.165) is 20.5 Å². The van der Waals surface area contributed by atoms with E-state index < -0.39 is 5.97 Å². The second-order valence-electron chi connectivity index (χ2n) is 5.19. The van der Waals surface area contributed by atoms with E-state index >= 15 is 0 Å². The van der Waals surface area contributed by atoms with Crippen LogP contribution >= 0.6 is 11.3 Å². The number of aliphatic carboxylic acids is 1. The van der Waals surface area contributed by atoms with E-state index in [-0.39, 0.29) is 11.8 Å². The van der Waals surface area contributed by atoms with Crippen molar-refractivity contribution >= 4 is 33.3 Å². The predicted octanol–water partition coefficient (Wildman–Crippen LogP) is 3.44. The van der Waals surface area contributed by atoms with Crippen LogP contribution in [0, 0.1) is 12.8 Å². The Bertz CT molecular complexity index is 663. The summed E-state index contributed by atoms with van der Waals surface area (Å²) < 4.78 is 1.11. The molecule has 0 bridgehead atoms. The van der Waals surface area contributed by atoms with Crippen LogP contribution in [-0.2, 0) is 4.79 Å². The number of carboxylic acid groups (broad SMARTS) is 1. The van der Waals surface area contributed by atoms with Gasteiger partial charge in [0.1, 0.15) is 0 Å². The fourth-order valence-corrected chi connectivity index (χ4v) is 3.33. The van der Waals surface area contributed by atoms with Gasteiger partial charge in [0.2, 0.25) is 0 Å². The molecule has 21 heavy (non-hydrogen) atoms. The fraction of sp³-hybridized carbons (Fsp3) is 0.375. The normalized spacial score (nSPS) is 12.3. The Morgan fingerprint density at radius 1 is 1.33 bits per heavy atom. The number of amides is 1. The highest BCUT2D eigenvalue weighted by Crippen LogP contribution is 2.30. The molecule has 1 amide bonds. The molecule has 2 N–H and O–H groups in total. The third kappa shape index (κ3) is 3.61. The number of rotatable bonds is 6. The van der Waals surface area contributed by atoms with Crippen molar-refractivity contribution in [1.29, 1.82) is 0 Å². The summed E-state index contributed by atoms with van der Waals surface area (Å²) in [5, 5.41) is 12.8. The maximum Gasteiger partial charge on any atom is 0.306 e. The number of fused-ring (bicyclic) bond motifs is 1. The lowest BCUT2D eigenvalue weighted by Crippen LogP contribution is -2.25. The Labute approximate surface area is 127 Å². The van der Waals surface area contributed by atoms with Crippen LogP contribution in [0.4, 0.5) is 0 Å². The number of nitrogens with one attached hydrogen (secondary N) is 1. The lowest BCUT2D eigenvalue weighted by atomic mass is 10.1. The van der Waals surface area contributed by atoms with Gasteiger partial charge in [-0.05, 0) is 36.8 Å². The van der Waals surface area contributed by atoms with Gasteiger partial charge in [0.05, 0.1) is 10.8 Å². The Balaban J connectivity index is 1.93. The summed E-state index contributed by atoms with van der Waals surface area (Å²) in [6, 6.07) is 7.97. The Hall–Kier alpha value is -1.88. The third-order valence-corrected chi connectivity index (χ3v) is 4.84. The van der Waals surface area contributed by atoms with Crippen molar-refractivity contribution in [1.82, 2.24) is 5.32 Å². The molecule has 1 atom stereocenters. The van der Waals surface area contributed by atoms with Crippen molar-refractivity contribution in [2.75, 3.05) is 6.54 Å². The molecule has 1 unspecified atom stereocenters. The number of aryl methyl sites for hydroxylation is 1. The molecule has 4 nitrogen and oxygen atoms in total. The van der Waals surface area contributed by atoms with Crippen LogP contribution in [0.5, 0.6) is 0 Å². The number of benzene rings is 1. The first kappa shape index (κ1) is 15.5. The number of carbonyl (C=O) groups excluding carboxylic acids is 1. The van der Waals surface area contributed by atoms with Gasteiger partial charge < -0.3 is 10.4 Å². The zero-order valence-corrected chi connectivity index (χ0v) is 13.0. The largest absolute Gasteiger partial charge is 0.481 e. The molecule has 0 saturated heterocycles. The van der Waals surface area contributed by atoms with Crippen molar-refractivity contribution in [3.8, 4) is 0 Å². The van der Waals surface area contributed by atoms with Crippen LogP contribution < -0.4 is 5.32 Å². The van der Waals surface area contributed by atoms with Gasteiger partial charge in [-0.15, -0.1) is 11.3 Å². The molecule has 0 aliphatic carbocycles. The van der Waals surface area contributed by atoms with Gasteiger partial charge in [0.15, 0.2) is 0 Å². The quantitative estimate of drug-likeness (QED) is 0.803. The molecule has 0 fully saturated rings. The first-order valence-corrected chi connectivity index (χ1v) is 7.81. The zero-order valence-electron chi connectivity index (χ0n) is 12.2. The Morgan fingerprint density at radius 2 is 2.05 bits per heavy atom. The second kappa shape index (κ2) is 6.72. The van der Waals surface area contributed by atoms with Crippen molar-refractivity contribution in [3.63, 3.8) is 0 Å². The molecule has 0 saturated carbocycles. The zero-order chi connectivity index (χ0) is 15.4. The Morgan fingerprint density at radius 3 is 2.71 bits per heavy atom. The third-order valence-electron chi connectivity index (χ3n) is 3.57. The van der Waals surface area contributed by atoms with Crippen LogP contribution in [0.3, 0.4) is 0 Å². The molecule has 0 aliphatic heterocycles. The summed E-state index contributed by atoms with van der Waals surface area (Å²) in [6.07, 6.45) is 1.24. The average Bonchev–Trinajstić information content (AvgIpc) is 2.81. The van der Waals surface area contributed by atoms with E-state index in [4.69, 9.17) is 5.11 Å². The maximum atomic E-state index is 12.2. The van der Waals surface area contributed by atoms with Gasteiger partial charge in [-0.1, -0.05) is 25.1 Å². The minimum absolute atomic E-state index is 0.0725. The first-order chi connectivity index (χ1) is 10.0. The molecule has 1 aromatic heterocycles. The van der Waals surface area contributed by atoms with Crippen LogP contribution in [0.25, 0.3) is 10.1 Å². The van der Waals surface area contributed by atoms with Crippen LogP contribution in [0.1, 0.15) is 35.0 Å². The molecule has 112 valence electrons. The summed E-state index contributed by atoms with van der Waals surface area (Å²) in [5.41, 5.74) is 1.01. The topological polar surface area (TPSA) is 66.4 Å². The van der Waals surface area contributed by atoms with Gasteiger partial charge in [-0.3, -0.25) is 9.59 Å². The lowest BCUT2D eigenvalue weighted by molar-refractivity contribution is -0.141. The highest BCUT2D eigenvalue weighted by Gasteiger charge is 2.15. The summed E-state index contributed by atoms with van der Waals surface area (Å²) in [4.78, 5) is 23.6. The van der Waals surface area contributed by atoms with Gasteiger partial charge in [-0.25, -0.2) is 0 Å². The minimum Gasteiger partial charge on any atom is -0.481 e. The van der Waals surface area contributed by atoms with Gasteiger partial charge >= 0.3 is 5.97 Å². The average molecular weight is 305 g/mol. The number of thiophene rings is 1. The molecular weight excluding hydrogens is 286 g/mol. The molecule has 0 spiro atoms. The van der Waals surface area contributed by atoms with Crippen molar-refractivity contribution in [2.45, 2.75) is 26.7 Å². The first-order valence-electron chi connectivity index (χ1n) is 7.00. The molecule has 0 aliphatic rings. The summed E-state index contributed by atoms with van der Waals surface area (Å²) >= 11 is 1.50. The number of carboxylic acids is 1. The molecule has 0 radical (unpaired) electrons. The highest BCUT2D eigenvalue weighted by molar-refractivity contribution is 7.21. The summed E-state index contributed by atoms with van der Waals surface area (Å²) in [5.74, 6) is -1.23. The van der Waals surface area contributed by atoms with Crippen LogP contribution in [0.15, 0.2) is 24.3 Å². The molecule has 1 heterocycles. The molecule has 2 aromatic rings. The van der Waals surface area contributed by atoms with Gasteiger partial charge in [0, 0.05) is 11.2 Å². The van der Waals surface area contributed by atoms with Crippen LogP contribution in [0.2, 0.25) is 0 Å². The van der Waals surface area contributed by atoms with Gasteiger partial charge in [0.25, 0.3) is 5.91 Å². The van der Waals surface area contributed by atoms with E-state index in [1.54, 1.807) is 6.92 Å². The van der Waals surface area contributed by atoms with Crippen molar-refractivity contribution < 1.29 is 14.7 Å². The highest BCUT2D eigenvalue weighted by atomic mass is 32.1. The molecule has 2 rings (SSSR count). The van der Waals surface area contributed by atoms with E-state index in [0.29, 0.717) is 19.4 Å². The number of hydrogen-bond donors (Lipinski definition) is 2. The van der Waals surface area contributed by atoms with Crippen molar-refractivity contribution in [3.05, 3.63) is 34.7 Å². The Kier molecular flexibility index (Phi) is 4.96. The van der Waals surface area contributed by atoms with Gasteiger partial charge in [-0.2, -0.15) is 0 Å². The van der Waals surface area contributed by atoms with E-state index in [1.165, 1.54) is 11.3 Å². The molecule has 1 aromatic carbocycles. The SMILES string of the molecule is Cc1c(C(=O)NCCCC(C)C(=O)O)sc2ccccc12. The smallest absolute Gasteiger partial charge is 0.306 e. The summed E-state index contributed by atoms with van der Waals surface area (Å²) in [7, 11) is 0. The van der Waals surface area contributed by atoms with Crippen LogP contribution in [-0.4, -0.2) is 23.5 Å². The predicted molar refractivity (Wildman–Crippen MR) is 84.9 cm³/mol. The maximum absolute atomic E-state index is 12.2. The monoisotopic (exact) mass is 305 g/mol. The van der Waals surface area contributed by atoms with E-state index in [1.807, 2.05) is 31.2 Å². The van der Waals surface area contributed by atoms with E-state index in [2.05, 4.69) is 5.32 Å². The summed E-state index contributed by atoms with van der Waals surface area (Å²) in [6.45, 7) is 4.14. The molecular formula is C16H19NO3S. The number of hydrogen-bond acceptors (Lipinski definition) is 3. The number of carbonyl (C=O) groups is 2. The lowest BCUT2D eigenvalue weighted by Gasteiger charge is -2.07.